The van der Waals surface area contributed by atoms with Crippen LogP contribution in [0, 0.1) is 11.6 Å². The quantitative estimate of drug-likeness (QED) is 0.360. The fourth-order valence-electron chi connectivity index (χ4n) is 3.85. The van der Waals surface area contributed by atoms with Crippen LogP contribution in [0.25, 0.3) is 0 Å². The molecule has 0 unspecified atom stereocenters. The molecule has 0 aliphatic heterocycles. The number of amides is 2. The standard InChI is InChI=1S/C28H31F2N3O5S/c1-4-31-28(35)20(3)32(18-21-8-6-7-9-26(21)30)27(34)19-33(23-12-14-24(15-13-23)38-5-2)39(36,37)25-16-10-22(29)11-17-25/h6-17,20H,4-5,18-19H2,1-3H3,(H,31,35)/t20-/m0/s1. The molecule has 208 valence electrons. The summed E-state index contributed by atoms with van der Waals surface area (Å²) >= 11 is 0. The van der Waals surface area contributed by atoms with E-state index in [1.807, 2.05) is 0 Å². The second kappa shape index (κ2) is 13.2. The van der Waals surface area contributed by atoms with Crippen LogP contribution in [-0.2, 0) is 26.2 Å². The highest BCUT2D eigenvalue weighted by Gasteiger charge is 2.32. The predicted octanol–water partition coefficient (Wildman–Crippen LogP) is 4.11. The van der Waals surface area contributed by atoms with Crippen molar-refractivity contribution in [3.8, 4) is 5.75 Å². The summed E-state index contributed by atoms with van der Waals surface area (Å²) in [6.07, 6.45) is 0. The summed E-state index contributed by atoms with van der Waals surface area (Å²) < 4.78 is 61.8. The van der Waals surface area contributed by atoms with E-state index in [0.29, 0.717) is 18.9 Å². The summed E-state index contributed by atoms with van der Waals surface area (Å²) in [4.78, 5) is 27.3. The first kappa shape index (κ1) is 29.6. The molecule has 0 saturated carbocycles. The van der Waals surface area contributed by atoms with Crippen LogP contribution in [0.3, 0.4) is 0 Å². The van der Waals surface area contributed by atoms with Crippen LogP contribution in [0.1, 0.15) is 26.3 Å². The van der Waals surface area contributed by atoms with E-state index in [0.717, 1.165) is 33.5 Å². The molecule has 0 aromatic heterocycles. The number of hydrogen-bond acceptors (Lipinski definition) is 5. The minimum Gasteiger partial charge on any atom is -0.494 e. The molecule has 1 N–H and O–H groups in total. The first-order chi connectivity index (χ1) is 18.6. The number of sulfonamides is 1. The molecule has 0 fully saturated rings. The van der Waals surface area contributed by atoms with E-state index in [-0.39, 0.29) is 22.7 Å². The van der Waals surface area contributed by atoms with Crippen LogP contribution in [0.15, 0.2) is 77.7 Å². The lowest BCUT2D eigenvalue weighted by molar-refractivity contribution is -0.139. The number of carbonyl (C=O) groups is 2. The monoisotopic (exact) mass is 559 g/mol. The van der Waals surface area contributed by atoms with E-state index in [4.69, 9.17) is 4.74 Å². The lowest BCUT2D eigenvalue weighted by Gasteiger charge is -2.32. The summed E-state index contributed by atoms with van der Waals surface area (Å²) in [7, 11) is -4.36. The van der Waals surface area contributed by atoms with E-state index >= 15 is 0 Å². The molecular formula is C28H31F2N3O5S. The van der Waals surface area contributed by atoms with Crippen molar-refractivity contribution in [3.05, 3.63) is 90.0 Å². The normalized spacial score (nSPS) is 11.9. The molecule has 2 amide bonds. The fraction of sp³-hybridized carbons (Fsp3) is 0.286. The van der Waals surface area contributed by atoms with E-state index in [9.17, 15) is 26.8 Å². The number of likely N-dealkylation sites (N-methyl/N-ethyl adjacent to an activating group) is 1. The second-order valence-electron chi connectivity index (χ2n) is 8.58. The molecular weight excluding hydrogens is 528 g/mol. The Bertz CT molecular complexity index is 1380. The molecule has 1 atom stereocenters. The Kier molecular flexibility index (Phi) is 10.00. The molecule has 0 bridgehead atoms. The zero-order chi connectivity index (χ0) is 28.6. The highest BCUT2D eigenvalue weighted by atomic mass is 32.2. The molecule has 0 aliphatic rings. The van der Waals surface area contributed by atoms with Gasteiger partial charge in [0.1, 0.15) is 30.0 Å². The topological polar surface area (TPSA) is 96.0 Å². The number of nitrogens with zero attached hydrogens (tertiary/aromatic N) is 2. The van der Waals surface area contributed by atoms with Gasteiger partial charge in [-0.2, -0.15) is 0 Å². The van der Waals surface area contributed by atoms with Crippen LogP contribution in [0.2, 0.25) is 0 Å². The SMILES string of the molecule is CCNC(=O)[C@H](C)N(Cc1ccccc1F)C(=O)CN(c1ccc(OCC)cc1)S(=O)(=O)c1ccc(F)cc1. The van der Waals surface area contributed by atoms with Crippen molar-refractivity contribution in [1.82, 2.24) is 10.2 Å². The van der Waals surface area contributed by atoms with Crippen LogP contribution in [-0.4, -0.2) is 50.9 Å². The zero-order valence-electron chi connectivity index (χ0n) is 21.9. The Morgan fingerprint density at radius 3 is 2.18 bits per heavy atom. The first-order valence-electron chi connectivity index (χ1n) is 12.4. The van der Waals surface area contributed by atoms with Gasteiger partial charge in [0.25, 0.3) is 10.0 Å². The number of halogens is 2. The molecule has 3 rings (SSSR count). The van der Waals surface area contributed by atoms with E-state index in [2.05, 4.69) is 5.32 Å². The van der Waals surface area contributed by atoms with Crippen LogP contribution in [0.5, 0.6) is 5.75 Å². The third-order valence-corrected chi connectivity index (χ3v) is 7.72. The molecule has 11 heteroatoms. The van der Waals surface area contributed by atoms with Gasteiger partial charge >= 0.3 is 0 Å². The maximum Gasteiger partial charge on any atom is 0.264 e. The third kappa shape index (κ3) is 7.32. The van der Waals surface area contributed by atoms with E-state index in [1.165, 1.54) is 37.3 Å². The number of rotatable bonds is 12. The van der Waals surface area contributed by atoms with Crippen molar-refractivity contribution < 1.29 is 31.5 Å². The highest BCUT2D eigenvalue weighted by Crippen LogP contribution is 2.27. The van der Waals surface area contributed by atoms with Gasteiger partial charge in [0.05, 0.1) is 17.2 Å². The van der Waals surface area contributed by atoms with Gasteiger partial charge < -0.3 is 15.0 Å². The van der Waals surface area contributed by atoms with Gasteiger partial charge in [0.2, 0.25) is 11.8 Å². The highest BCUT2D eigenvalue weighted by molar-refractivity contribution is 7.92. The van der Waals surface area contributed by atoms with E-state index in [1.54, 1.807) is 32.0 Å². The van der Waals surface area contributed by atoms with Crippen molar-refractivity contribution in [2.24, 2.45) is 0 Å². The van der Waals surface area contributed by atoms with Crippen LogP contribution >= 0.6 is 0 Å². The van der Waals surface area contributed by atoms with Gasteiger partial charge in [0, 0.05) is 18.7 Å². The Hall–Kier alpha value is -3.99. The Morgan fingerprint density at radius 1 is 0.949 bits per heavy atom. The van der Waals surface area contributed by atoms with Crippen molar-refractivity contribution in [1.29, 1.82) is 0 Å². The summed E-state index contributed by atoms with van der Waals surface area (Å²) in [5, 5.41) is 2.64. The summed E-state index contributed by atoms with van der Waals surface area (Å²) in [5.74, 6) is -1.91. The maximum atomic E-state index is 14.5. The van der Waals surface area contributed by atoms with Crippen molar-refractivity contribution in [3.63, 3.8) is 0 Å². The van der Waals surface area contributed by atoms with Gasteiger partial charge in [-0.3, -0.25) is 13.9 Å². The molecule has 0 heterocycles. The molecule has 3 aromatic rings. The number of anilines is 1. The van der Waals surface area contributed by atoms with Gasteiger partial charge in [-0.05, 0) is 75.4 Å². The average Bonchev–Trinajstić information content (AvgIpc) is 2.92. The molecule has 3 aromatic carbocycles. The van der Waals surface area contributed by atoms with Crippen molar-refractivity contribution in [2.45, 2.75) is 38.3 Å². The fourth-order valence-corrected chi connectivity index (χ4v) is 5.27. The molecule has 0 radical (unpaired) electrons. The number of hydrogen-bond donors (Lipinski definition) is 1. The molecule has 0 spiro atoms. The predicted molar refractivity (Wildman–Crippen MR) is 144 cm³/mol. The summed E-state index contributed by atoms with van der Waals surface area (Å²) in [6.45, 7) is 4.75. The number of carbonyl (C=O) groups excluding carboxylic acids is 2. The zero-order valence-corrected chi connectivity index (χ0v) is 22.8. The van der Waals surface area contributed by atoms with Gasteiger partial charge in [-0.15, -0.1) is 0 Å². The minimum atomic E-state index is -4.36. The first-order valence-corrected chi connectivity index (χ1v) is 13.8. The molecule has 0 aliphatic carbocycles. The van der Waals surface area contributed by atoms with Crippen molar-refractivity contribution in [2.75, 3.05) is 24.0 Å². The van der Waals surface area contributed by atoms with Gasteiger partial charge in [0.15, 0.2) is 0 Å². The lowest BCUT2D eigenvalue weighted by Crippen LogP contribution is -2.51. The number of nitrogens with one attached hydrogen (secondary N) is 1. The summed E-state index contributed by atoms with van der Waals surface area (Å²) in [6, 6.07) is 15.1. The van der Waals surface area contributed by atoms with Gasteiger partial charge in [-0.25, -0.2) is 17.2 Å². The molecule has 8 nitrogen and oxygen atoms in total. The Labute approximate surface area is 227 Å². The summed E-state index contributed by atoms with van der Waals surface area (Å²) in [5.41, 5.74) is 0.309. The lowest BCUT2D eigenvalue weighted by atomic mass is 10.1. The largest absolute Gasteiger partial charge is 0.494 e. The number of ether oxygens (including phenoxy) is 1. The van der Waals surface area contributed by atoms with Crippen LogP contribution < -0.4 is 14.4 Å². The van der Waals surface area contributed by atoms with Crippen LogP contribution in [0.4, 0.5) is 14.5 Å². The molecule has 39 heavy (non-hydrogen) atoms. The van der Waals surface area contributed by atoms with E-state index < -0.39 is 46.1 Å². The Morgan fingerprint density at radius 2 is 1.59 bits per heavy atom. The minimum absolute atomic E-state index is 0.146. The second-order valence-corrected chi connectivity index (χ2v) is 10.4. The average molecular weight is 560 g/mol. The van der Waals surface area contributed by atoms with Gasteiger partial charge in [-0.1, -0.05) is 18.2 Å². The maximum absolute atomic E-state index is 14.5. The third-order valence-electron chi connectivity index (χ3n) is 5.93. The molecule has 0 saturated heterocycles. The van der Waals surface area contributed by atoms with Crippen molar-refractivity contribution >= 4 is 27.5 Å². The smallest absolute Gasteiger partial charge is 0.264 e. The Balaban J connectivity index is 2.04. The number of benzene rings is 3.